The second-order valence-electron chi connectivity index (χ2n) is 5.87. The highest BCUT2D eigenvalue weighted by Crippen LogP contribution is 2.17. The third kappa shape index (κ3) is 6.00. The first-order chi connectivity index (χ1) is 11.2. The van der Waals surface area contributed by atoms with E-state index in [2.05, 4.69) is 15.3 Å². The molecule has 1 aliphatic heterocycles. The Morgan fingerprint density at radius 1 is 1.39 bits per heavy atom. The van der Waals surface area contributed by atoms with Crippen LogP contribution in [0.3, 0.4) is 0 Å². The van der Waals surface area contributed by atoms with Crippen molar-refractivity contribution in [3.05, 3.63) is 41.6 Å². The zero-order valence-corrected chi connectivity index (χ0v) is 13.8. The molecule has 1 atom stereocenters. The van der Waals surface area contributed by atoms with Gasteiger partial charge in [0.05, 0.1) is 12.3 Å². The summed E-state index contributed by atoms with van der Waals surface area (Å²) >= 11 is 0. The van der Waals surface area contributed by atoms with E-state index >= 15 is 0 Å². The molecule has 0 amide bonds. The molecule has 0 bridgehead atoms. The maximum atomic E-state index is 6.21. The monoisotopic (exact) mass is 317 g/mol. The lowest BCUT2D eigenvalue weighted by Crippen LogP contribution is -2.26. The quantitative estimate of drug-likeness (QED) is 0.497. The maximum absolute atomic E-state index is 6.21. The zero-order chi connectivity index (χ0) is 16.5. The molecule has 1 saturated heterocycles. The van der Waals surface area contributed by atoms with Gasteiger partial charge in [0.2, 0.25) is 0 Å². The van der Waals surface area contributed by atoms with Crippen LogP contribution in [0.1, 0.15) is 38.4 Å². The molecule has 2 rings (SSSR count). The smallest absolute Gasteiger partial charge is 0.175 e. The molecule has 0 saturated carbocycles. The van der Waals surface area contributed by atoms with Crippen molar-refractivity contribution in [3.63, 3.8) is 0 Å². The molecule has 0 radical (unpaired) electrons. The molecule has 1 aliphatic rings. The van der Waals surface area contributed by atoms with Gasteiger partial charge in [-0.1, -0.05) is 0 Å². The van der Waals surface area contributed by atoms with Crippen molar-refractivity contribution in [2.45, 2.75) is 38.6 Å². The topological polar surface area (TPSA) is 99.1 Å². The van der Waals surface area contributed by atoms with E-state index in [0.717, 1.165) is 37.3 Å². The molecule has 126 valence electrons. The van der Waals surface area contributed by atoms with Crippen LogP contribution in [-0.4, -0.2) is 35.8 Å². The molecule has 2 heterocycles. The standard InChI is InChI=1S/C17H27N5O/c1-13(18)11-14(16(19)17-21-8-4-9-22-17)5-3-10-23-12-15-6-2-7-20-15/h4,8-9,11,15,20H,2-3,5-7,10,12,18-19H2,1H3/b13-11-,16-14-. The molecular weight excluding hydrogens is 290 g/mol. The van der Waals surface area contributed by atoms with Crippen molar-refractivity contribution in [2.24, 2.45) is 11.5 Å². The number of aromatic nitrogens is 2. The number of nitrogens with zero attached hydrogens (tertiary/aromatic N) is 2. The third-order valence-electron chi connectivity index (χ3n) is 3.77. The first-order valence-electron chi connectivity index (χ1n) is 8.17. The lowest BCUT2D eigenvalue weighted by atomic mass is 10.1. The third-order valence-corrected chi connectivity index (χ3v) is 3.77. The Kier molecular flexibility index (Phi) is 7.03. The molecule has 0 spiro atoms. The fourth-order valence-corrected chi connectivity index (χ4v) is 2.63. The summed E-state index contributed by atoms with van der Waals surface area (Å²) in [5.41, 5.74) is 14.3. The van der Waals surface area contributed by atoms with Crippen LogP contribution in [0.2, 0.25) is 0 Å². The molecule has 0 aromatic carbocycles. The largest absolute Gasteiger partial charge is 0.402 e. The lowest BCUT2D eigenvalue weighted by molar-refractivity contribution is 0.114. The van der Waals surface area contributed by atoms with Crippen LogP contribution in [0.25, 0.3) is 5.70 Å². The van der Waals surface area contributed by atoms with Crippen molar-refractivity contribution in [3.8, 4) is 0 Å². The predicted molar refractivity (Wildman–Crippen MR) is 92.2 cm³/mol. The predicted octanol–water partition coefficient (Wildman–Crippen LogP) is 1.56. The first kappa shape index (κ1) is 17.4. The van der Waals surface area contributed by atoms with E-state index in [-0.39, 0.29) is 0 Å². The second kappa shape index (κ2) is 9.27. The van der Waals surface area contributed by atoms with Gasteiger partial charge in [-0.25, -0.2) is 9.97 Å². The number of hydrogen-bond donors (Lipinski definition) is 3. The van der Waals surface area contributed by atoms with Crippen LogP contribution >= 0.6 is 0 Å². The van der Waals surface area contributed by atoms with Crippen LogP contribution < -0.4 is 16.8 Å². The SMILES string of the molecule is C/C(N)=C/C(CCCOCC1CCCN1)=C(\N)c1ncccn1. The molecule has 6 nitrogen and oxygen atoms in total. The van der Waals surface area contributed by atoms with E-state index in [9.17, 15) is 0 Å². The fourth-order valence-electron chi connectivity index (χ4n) is 2.63. The highest BCUT2D eigenvalue weighted by molar-refractivity contribution is 5.63. The Morgan fingerprint density at radius 3 is 2.83 bits per heavy atom. The van der Waals surface area contributed by atoms with Crippen molar-refractivity contribution in [2.75, 3.05) is 19.8 Å². The molecule has 6 heteroatoms. The van der Waals surface area contributed by atoms with Crippen molar-refractivity contribution in [1.29, 1.82) is 0 Å². The van der Waals surface area contributed by atoms with Gasteiger partial charge in [-0.3, -0.25) is 0 Å². The summed E-state index contributed by atoms with van der Waals surface area (Å²) in [5.74, 6) is 0.538. The van der Waals surface area contributed by atoms with E-state index in [1.165, 1.54) is 12.8 Å². The molecule has 1 aromatic heterocycles. The molecule has 1 aromatic rings. The van der Waals surface area contributed by atoms with Gasteiger partial charge in [0.1, 0.15) is 0 Å². The van der Waals surface area contributed by atoms with Crippen molar-refractivity contribution in [1.82, 2.24) is 15.3 Å². The van der Waals surface area contributed by atoms with E-state index in [1.807, 2.05) is 13.0 Å². The molecule has 5 N–H and O–H groups in total. The van der Waals surface area contributed by atoms with Crippen molar-refractivity contribution >= 4 is 5.70 Å². The van der Waals surface area contributed by atoms with E-state index in [4.69, 9.17) is 16.2 Å². The van der Waals surface area contributed by atoms with Gasteiger partial charge in [-0.05, 0) is 56.9 Å². The van der Waals surface area contributed by atoms with Gasteiger partial charge in [-0.2, -0.15) is 0 Å². The Morgan fingerprint density at radius 2 is 2.17 bits per heavy atom. The normalized spacial score (nSPS) is 19.7. The minimum absolute atomic E-state index is 0.513. The fraction of sp³-hybridized carbons (Fsp3) is 0.529. The Balaban J connectivity index is 1.87. The van der Waals surface area contributed by atoms with Crippen LogP contribution in [0.15, 0.2) is 35.8 Å². The number of hydrogen-bond acceptors (Lipinski definition) is 6. The minimum atomic E-state index is 0.513. The van der Waals surface area contributed by atoms with Crippen LogP contribution in [-0.2, 0) is 4.74 Å². The molecule has 23 heavy (non-hydrogen) atoms. The van der Waals surface area contributed by atoms with Crippen LogP contribution in [0.4, 0.5) is 0 Å². The Bertz CT molecular complexity index is 531. The Labute approximate surface area is 138 Å². The average Bonchev–Trinajstić information content (AvgIpc) is 3.06. The summed E-state index contributed by atoms with van der Waals surface area (Å²) in [6.07, 6.45) is 9.39. The minimum Gasteiger partial charge on any atom is -0.402 e. The van der Waals surface area contributed by atoms with Gasteiger partial charge in [0.25, 0.3) is 0 Å². The highest BCUT2D eigenvalue weighted by atomic mass is 16.5. The molecular formula is C17H27N5O. The number of nitrogens with two attached hydrogens (primary N) is 2. The lowest BCUT2D eigenvalue weighted by Gasteiger charge is -2.12. The van der Waals surface area contributed by atoms with Crippen LogP contribution in [0.5, 0.6) is 0 Å². The van der Waals surface area contributed by atoms with Gasteiger partial charge in [0, 0.05) is 30.7 Å². The van der Waals surface area contributed by atoms with E-state index in [0.29, 0.717) is 24.2 Å². The van der Waals surface area contributed by atoms with Crippen molar-refractivity contribution < 1.29 is 4.74 Å². The summed E-state index contributed by atoms with van der Waals surface area (Å²) < 4.78 is 5.75. The summed E-state index contributed by atoms with van der Waals surface area (Å²) in [7, 11) is 0. The zero-order valence-electron chi connectivity index (χ0n) is 13.8. The van der Waals surface area contributed by atoms with E-state index in [1.54, 1.807) is 18.5 Å². The van der Waals surface area contributed by atoms with Gasteiger partial charge in [0.15, 0.2) is 5.82 Å². The number of allylic oxidation sites excluding steroid dienone is 3. The second-order valence-corrected chi connectivity index (χ2v) is 5.87. The summed E-state index contributed by atoms with van der Waals surface area (Å²) in [5, 5.41) is 3.43. The summed E-state index contributed by atoms with van der Waals surface area (Å²) in [6.45, 7) is 4.45. The number of ether oxygens (including phenoxy) is 1. The van der Waals surface area contributed by atoms with Gasteiger partial charge >= 0.3 is 0 Å². The molecule has 1 fully saturated rings. The first-order valence-corrected chi connectivity index (χ1v) is 8.17. The van der Waals surface area contributed by atoms with E-state index < -0.39 is 0 Å². The Hall–Kier alpha value is -1.92. The number of rotatable bonds is 8. The van der Waals surface area contributed by atoms with Gasteiger partial charge < -0.3 is 21.5 Å². The number of nitrogens with one attached hydrogen (secondary N) is 1. The average molecular weight is 317 g/mol. The molecule has 0 aliphatic carbocycles. The summed E-state index contributed by atoms with van der Waals surface area (Å²) in [6, 6.07) is 2.28. The van der Waals surface area contributed by atoms with Crippen LogP contribution in [0, 0.1) is 0 Å². The molecule has 1 unspecified atom stereocenters. The maximum Gasteiger partial charge on any atom is 0.175 e. The summed E-state index contributed by atoms with van der Waals surface area (Å²) in [4.78, 5) is 8.40. The van der Waals surface area contributed by atoms with Gasteiger partial charge in [-0.15, -0.1) is 0 Å². The highest BCUT2D eigenvalue weighted by Gasteiger charge is 2.13.